The third kappa shape index (κ3) is 10.8. The number of carboxylic acid groups (broad SMARTS) is 2. The first-order valence-corrected chi connectivity index (χ1v) is 20.8. The van der Waals surface area contributed by atoms with Crippen molar-refractivity contribution >= 4 is 39.3 Å². The second-order valence-electron chi connectivity index (χ2n) is 13.9. The van der Waals surface area contributed by atoms with E-state index in [2.05, 4.69) is 35.0 Å². The molecular formula is C42H46AsClN3O8. The molecule has 1 saturated heterocycles. The van der Waals surface area contributed by atoms with Gasteiger partial charge in [0.05, 0.1) is 12.5 Å². The van der Waals surface area contributed by atoms with E-state index in [-0.39, 0.29) is 19.1 Å². The molecule has 1 aliphatic heterocycles. The molecule has 0 spiro atoms. The number of aliphatic hydroxyl groups excluding tert-OH is 1. The molecule has 2 heterocycles. The van der Waals surface area contributed by atoms with E-state index >= 15 is 0 Å². The number of nitriles is 1. The van der Waals surface area contributed by atoms with Crippen LogP contribution in [0, 0.1) is 31.1 Å². The smallest absolute Gasteiger partial charge is 0.493 e. The van der Waals surface area contributed by atoms with Crippen LogP contribution < -0.4 is 14.2 Å². The number of benzene rings is 3. The summed E-state index contributed by atoms with van der Waals surface area (Å²) in [5.74, 6) is -0.412. The Morgan fingerprint density at radius 3 is 2.45 bits per heavy atom. The predicted molar refractivity (Wildman–Crippen MR) is 210 cm³/mol. The van der Waals surface area contributed by atoms with E-state index in [4.69, 9.17) is 25.8 Å². The summed E-state index contributed by atoms with van der Waals surface area (Å²) in [6.07, 6.45) is 5.52. The Balaban J connectivity index is 1.29. The minimum Gasteiger partial charge on any atom is -0.493 e. The Morgan fingerprint density at radius 1 is 0.982 bits per heavy atom. The van der Waals surface area contributed by atoms with Gasteiger partial charge in [0, 0.05) is 13.1 Å². The fourth-order valence-electron chi connectivity index (χ4n) is 6.46. The summed E-state index contributed by atoms with van der Waals surface area (Å²) in [6.45, 7) is 8.32. The minimum atomic E-state index is -1.25. The number of piperidine rings is 1. The zero-order valence-electron chi connectivity index (χ0n) is 31.3. The number of rotatable bonds is 18. The molecule has 5 rings (SSSR count). The van der Waals surface area contributed by atoms with Crippen molar-refractivity contribution < 1.29 is 39.1 Å². The van der Waals surface area contributed by atoms with E-state index in [9.17, 15) is 30.2 Å². The number of ether oxygens (including phenoxy) is 3. The van der Waals surface area contributed by atoms with Crippen LogP contribution in [0.5, 0.6) is 17.2 Å². The second kappa shape index (κ2) is 19.3. The van der Waals surface area contributed by atoms with Gasteiger partial charge in [0.15, 0.2) is 0 Å². The average molecular weight is 831 g/mol. The van der Waals surface area contributed by atoms with Gasteiger partial charge >= 0.3 is 239 Å². The van der Waals surface area contributed by atoms with Crippen LogP contribution in [0.4, 0.5) is 0 Å². The van der Waals surface area contributed by atoms with Crippen LogP contribution in [0.15, 0.2) is 67.0 Å². The number of carbonyl (C=O) groups is 2. The number of hydrogen-bond acceptors (Lipinski definition) is 9. The number of likely N-dealkylation sites (tertiary alicyclic amines) is 1. The fraction of sp³-hybridized carbons (Fsp3) is 0.381. The normalized spacial score (nSPS) is 15.7. The Morgan fingerprint density at radius 2 is 1.73 bits per heavy atom. The van der Waals surface area contributed by atoms with Gasteiger partial charge in [0.1, 0.15) is 5.75 Å². The fourth-order valence-corrected chi connectivity index (χ4v) is 8.80. The third-order valence-electron chi connectivity index (χ3n) is 9.93. The van der Waals surface area contributed by atoms with Gasteiger partial charge in [0.25, 0.3) is 0 Å². The first-order chi connectivity index (χ1) is 26.4. The van der Waals surface area contributed by atoms with E-state index in [1.807, 2.05) is 31.2 Å². The van der Waals surface area contributed by atoms with Crippen molar-refractivity contribution in [3.05, 3.63) is 105 Å². The molecule has 55 heavy (non-hydrogen) atoms. The monoisotopic (exact) mass is 830 g/mol. The van der Waals surface area contributed by atoms with Crippen molar-refractivity contribution in [2.24, 2.45) is 5.92 Å². The van der Waals surface area contributed by atoms with Crippen LogP contribution in [-0.4, -0.2) is 85.7 Å². The molecule has 0 saturated carbocycles. The van der Waals surface area contributed by atoms with Crippen LogP contribution in [-0.2, 0) is 28.0 Å². The topological polar surface area (TPSA) is 162 Å². The third-order valence-corrected chi connectivity index (χ3v) is 13.4. The number of pyridine rings is 1. The zero-order chi connectivity index (χ0) is 39.5. The summed E-state index contributed by atoms with van der Waals surface area (Å²) in [5, 5.41) is 39.0. The summed E-state index contributed by atoms with van der Waals surface area (Å²) in [4.78, 5) is 29.7. The number of carboxylic acids is 2. The van der Waals surface area contributed by atoms with Gasteiger partial charge in [-0.25, -0.2) is 0 Å². The van der Waals surface area contributed by atoms with Crippen LogP contribution >= 0.6 is 11.6 Å². The summed E-state index contributed by atoms with van der Waals surface area (Å²) in [6, 6.07) is 19.3. The maximum atomic E-state index is 11.9. The van der Waals surface area contributed by atoms with Gasteiger partial charge in [-0.1, -0.05) is 6.07 Å². The van der Waals surface area contributed by atoms with E-state index in [0.717, 1.165) is 65.9 Å². The first kappa shape index (κ1) is 41.6. The minimum absolute atomic E-state index is 0.109. The standard InChI is InChI=1S/C42H46AsClN3O8/c1-27-32(8-4-10-34(27)35-11-5-12-37(28(35)2)53-15-7-14-47-13-6-9-31(23-47)40(49)50)25-55-39-18-38(54-24-30-16-29(20-45)21-46-22-30)33(17-36(39)44)19-43-42(3,26-48)41(51)52/h4-5,8,10-12,16-18,21-22,31,48H,6-7,9,13-15,19,23-26H2,1-3H3,(H,49,50)(H,51,52)/t31-,42?/m0/s1. The molecule has 1 fully saturated rings. The predicted octanol–water partition coefficient (Wildman–Crippen LogP) is 7.07. The molecule has 4 aromatic rings. The number of nitrogens with zero attached hydrogens (tertiary/aromatic N) is 3. The van der Waals surface area contributed by atoms with Crippen molar-refractivity contribution in [1.82, 2.24) is 9.88 Å². The van der Waals surface area contributed by atoms with Crippen molar-refractivity contribution in [3.63, 3.8) is 0 Å². The number of aliphatic carboxylic acids is 2. The van der Waals surface area contributed by atoms with Gasteiger partial charge in [-0.2, -0.15) is 0 Å². The number of aliphatic hydroxyl groups is 1. The number of halogens is 1. The van der Waals surface area contributed by atoms with Crippen molar-refractivity contribution in [3.8, 4) is 34.4 Å². The molecule has 2 atom stereocenters. The Kier molecular flexibility index (Phi) is 14.6. The number of hydrogen-bond donors (Lipinski definition) is 3. The molecule has 3 N–H and O–H groups in total. The summed E-state index contributed by atoms with van der Waals surface area (Å²) in [5.41, 5.74) is 6.89. The molecule has 3 aromatic carbocycles. The van der Waals surface area contributed by atoms with Gasteiger partial charge in [-0.15, -0.1) is 0 Å². The molecule has 1 unspecified atom stereocenters. The molecule has 11 nitrogen and oxygen atoms in total. The van der Waals surface area contributed by atoms with Gasteiger partial charge in [-0.05, 0) is 38.8 Å². The van der Waals surface area contributed by atoms with Gasteiger partial charge in [-0.3, -0.25) is 4.79 Å². The van der Waals surface area contributed by atoms with Crippen molar-refractivity contribution in [2.45, 2.75) is 62.7 Å². The number of aromatic nitrogens is 1. The molecule has 1 aliphatic rings. The zero-order valence-corrected chi connectivity index (χ0v) is 33.9. The quantitative estimate of drug-likeness (QED) is 0.0695. The molecule has 0 bridgehead atoms. The first-order valence-electron chi connectivity index (χ1n) is 18.1. The molecule has 1 radical (unpaired) electrons. The SMILES string of the molecule is Cc1c(COc2cc(OCc3cncc(C#N)c3)c(C[As]C(C)(CO)C(=O)O)cc2Cl)cccc1-c1cccc(OCCCN2CCC[C@H](C(=O)O)C2)c1C. The average Bonchev–Trinajstić information content (AvgIpc) is 3.19. The van der Waals surface area contributed by atoms with Crippen LogP contribution in [0.3, 0.4) is 0 Å². The Labute approximate surface area is 333 Å². The second-order valence-corrected chi connectivity index (χ2v) is 17.7. The summed E-state index contributed by atoms with van der Waals surface area (Å²) in [7, 11) is 0. The van der Waals surface area contributed by atoms with E-state index < -0.39 is 38.5 Å². The van der Waals surface area contributed by atoms with Crippen LogP contribution in [0.2, 0.25) is 9.23 Å². The Hall–Kier alpha value is -4.59. The van der Waals surface area contributed by atoms with E-state index in [1.54, 1.807) is 24.4 Å². The summed E-state index contributed by atoms with van der Waals surface area (Å²) < 4.78 is 17.5. The van der Waals surface area contributed by atoms with Crippen LogP contribution in [0.1, 0.15) is 59.6 Å². The Bertz CT molecular complexity index is 2040. The molecule has 0 amide bonds. The van der Waals surface area contributed by atoms with E-state index in [1.165, 1.54) is 13.1 Å². The molecule has 13 heteroatoms. The summed E-state index contributed by atoms with van der Waals surface area (Å²) >= 11 is 5.88. The molecule has 0 aliphatic carbocycles. The van der Waals surface area contributed by atoms with E-state index in [0.29, 0.717) is 51.6 Å². The van der Waals surface area contributed by atoms with Crippen LogP contribution in [0.25, 0.3) is 11.1 Å². The molecule has 1 aromatic heterocycles. The van der Waals surface area contributed by atoms with Gasteiger partial charge < -0.3 is 14.7 Å². The van der Waals surface area contributed by atoms with Crippen molar-refractivity contribution in [1.29, 1.82) is 5.26 Å². The van der Waals surface area contributed by atoms with Crippen molar-refractivity contribution in [2.75, 3.05) is 32.8 Å². The molecule has 289 valence electrons. The maximum absolute atomic E-state index is 11.9. The van der Waals surface area contributed by atoms with Gasteiger partial charge in [0.2, 0.25) is 0 Å². The molecular weight excluding hydrogens is 785 g/mol.